The number of hydrogen-bond donors (Lipinski definition) is 1. The van der Waals surface area contributed by atoms with Crippen LogP contribution >= 0.6 is 0 Å². The first-order valence-electron chi connectivity index (χ1n) is 5.03. The minimum atomic E-state index is -0.0954. The van der Waals surface area contributed by atoms with Crippen molar-refractivity contribution in [2.24, 2.45) is 7.05 Å². The molecule has 0 amide bonds. The molecule has 17 heavy (non-hydrogen) atoms. The van der Waals surface area contributed by atoms with Crippen molar-refractivity contribution in [1.29, 1.82) is 5.26 Å². The van der Waals surface area contributed by atoms with Crippen LogP contribution in [0.1, 0.15) is 11.1 Å². The lowest BCUT2D eigenvalue weighted by molar-refractivity contribution is 0.281. The fourth-order valence-corrected chi connectivity index (χ4v) is 1.43. The monoisotopic (exact) mass is 229 g/mol. The zero-order valence-corrected chi connectivity index (χ0v) is 9.29. The minimum Gasteiger partial charge on any atom is -0.453 e. The molecular formula is C12H11N3O2. The molecule has 0 radical (unpaired) electrons. The van der Waals surface area contributed by atoms with Crippen molar-refractivity contribution in [2.45, 2.75) is 6.61 Å². The molecule has 2 rings (SSSR count). The number of ether oxygens (including phenoxy) is 1. The van der Waals surface area contributed by atoms with Gasteiger partial charge in [-0.05, 0) is 17.7 Å². The Bertz CT molecular complexity index is 569. The van der Waals surface area contributed by atoms with E-state index in [4.69, 9.17) is 15.1 Å². The van der Waals surface area contributed by atoms with Crippen molar-refractivity contribution >= 4 is 0 Å². The van der Waals surface area contributed by atoms with Crippen LogP contribution in [0.5, 0.6) is 11.5 Å². The van der Waals surface area contributed by atoms with E-state index in [1.807, 2.05) is 6.07 Å². The molecule has 0 spiro atoms. The molecule has 0 bridgehead atoms. The maximum absolute atomic E-state index is 8.99. The molecule has 1 heterocycles. The summed E-state index contributed by atoms with van der Waals surface area (Å²) in [6.07, 6.45) is 3.28. The fourth-order valence-electron chi connectivity index (χ4n) is 1.43. The molecule has 1 aromatic carbocycles. The topological polar surface area (TPSA) is 71.1 Å². The van der Waals surface area contributed by atoms with Gasteiger partial charge in [-0.2, -0.15) is 10.4 Å². The Kier molecular flexibility index (Phi) is 3.08. The van der Waals surface area contributed by atoms with Crippen LogP contribution in [-0.2, 0) is 13.7 Å². The Morgan fingerprint density at radius 3 is 2.94 bits per heavy atom. The summed E-state index contributed by atoms with van der Waals surface area (Å²) in [5.41, 5.74) is 1.07. The van der Waals surface area contributed by atoms with Gasteiger partial charge in [0.1, 0.15) is 11.8 Å². The SMILES string of the molecule is Cn1cc(Oc2ccc(CO)cc2C#N)cn1. The molecule has 0 saturated heterocycles. The normalized spacial score (nSPS) is 9.94. The van der Waals surface area contributed by atoms with E-state index in [9.17, 15) is 0 Å². The molecule has 0 aliphatic carbocycles. The average Bonchev–Trinajstić information content (AvgIpc) is 2.75. The molecular weight excluding hydrogens is 218 g/mol. The number of benzene rings is 1. The molecule has 2 aromatic rings. The number of rotatable bonds is 3. The first-order valence-corrected chi connectivity index (χ1v) is 5.03. The summed E-state index contributed by atoms with van der Waals surface area (Å²) in [6.45, 7) is -0.0954. The maximum Gasteiger partial charge on any atom is 0.165 e. The average molecular weight is 229 g/mol. The Balaban J connectivity index is 2.30. The third kappa shape index (κ3) is 2.44. The van der Waals surface area contributed by atoms with Crippen LogP contribution in [-0.4, -0.2) is 14.9 Å². The molecule has 5 heteroatoms. The van der Waals surface area contributed by atoms with Gasteiger partial charge in [0.25, 0.3) is 0 Å². The van der Waals surface area contributed by atoms with Crippen LogP contribution in [0.4, 0.5) is 0 Å². The zero-order valence-electron chi connectivity index (χ0n) is 9.29. The minimum absolute atomic E-state index is 0.0954. The van der Waals surface area contributed by atoms with E-state index in [1.165, 1.54) is 0 Å². The van der Waals surface area contributed by atoms with Gasteiger partial charge in [0.2, 0.25) is 0 Å². The van der Waals surface area contributed by atoms with Gasteiger partial charge in [-0.1, -0.05) is 6.07 Å². The number of nitrogens with zero attached hydrogens (tertiary/aromatic N) is 3. The van der Waals surface area contributed by atoms with Crippen molar-refractivity contribution in [2.75, 3.05) is 0 Å². The molecule has 0 saturated carbocycles. The molecule has 0 atom stereocenters. The predicted molar refractivity (Wildman–Crippen MR) is 60.4 cm³/mol. The molecule has 0 aliphatic rings. The molecule has 86 valence electrons. The highest BCUT2D eigenvalue weighted by Crippen LogP contribution is 2.25. The number of aliphatic hydroxyl groups is 1. The van der Waals surface area contributed by atoms with Crippen molar-refractivity contribution in [1.82, 2.24) is 9.78 Å². The summed E-state index contributed by atoms with van der Waals surface area (Å²) in [5.74, 6) is 1.03. The summed E-state index contributed by atoms with van der Waals surface area (Å²) in [5, 5.41) is 21.9. The Labute approximate surface area is 98.5 Å². The van der Waals surface area contributed by atoms with Gasteiger partial charge in [0.15, 0.2) is 5.75 Å². The third-order valence-corrected chi connectivity index (χ3v) is 2.26. The van der Waals surface area contributed by atoms with Crippen LogP contribution in [0.3, 0.4) is 0 Å². The standard InChI is InChI=1S/C12H11N3O2/c1-15-7-11(6-14-15)17-12-3-2-9(8-16)4-10(12)5-13/h2-4,6-7,16H,8H2,1H3. The quantitative estimate of drug-likeness (QED) is 0.867. The second-order valence-electron chi connectivity index (χ2n) is 3.55. The third-order valence-electron chi connectivity index (χ3n) is 2.26. The first kappa shape index (κ1) is 11.2. The molecule has 1 aromatic heterocycles. The Morgan fingerprint density at radius 2 is 2.35 bits per heavy atom. The van der Waals surface area contributed by atoms with Crippen LogP contribution in [0, 0.1) is 11.3 Å². The second-order valence-corrected chi connectivity index (χ2v) is 3.55. The molecule has 5 nitrogen and oxygen atoms in total. The molecule has 0 unspecified atom stereocenters. The maximum atomic E-state index is 8.99. The smallest absolute Gasteiger partial charge is 0.165 e. The van der Waals surface area contributed by atoms with E-state index in [-0.39, 0.29) is 6.61 Å². The van der Waals surface area contributed by atoms with E-state index < -0.39 is 0 Å². The van der Waals surface area contributed by atoms with Crippen LogP contribution < -0.4 is 4.74 Å². The van der Waals surface area contributed by atoms with Gasteiger partial charge in [0, 0.05) is 7.05 Å². The van der Waals surface area contributed by atoms with Gasteiger partial charge in [-0.25, -0.2) is 0 Å². The van der Waals surface area contributed by atoms with E-state index in [0.29, 0.717) is 22.6 Å². The summed E-state index contributed by atoms with van der Waals surface area (Å²) >= 11 is 0. The Hall–Kier alpha value is -2.32. The van der Waals surface area contributed by atoms with Gasteiger partial charge in [-0.15, -0.1) is 0 Å². The lowest BCUT2D eigenvalue weighted by Gasteiger charge is -2.05. The van der Waals surface area contributed by atoms with E-state index in [1.54, 1.807) is 42.3 Å². The number of hydrogen-bond acceptors (Lipinski definition) is 4. The first-order chi connectivity index (χ1) is 8.22. The largest absolute Gasteiger partial charge is 0.453 e. The summed E-state index contributed by atoms with van der Waals surface area (Å²) < 4.78 is 7.15. The lowest BCUT2D eigenvalue weighted by atomic mass is 10.1. The lowest BCUT2D eigenvalue weighted by Crippen LogP contribution is -1.90. The fraction of sp³-hybridized carbons (Fsp3) is 0.167. The zero-order chi connectivity index (χ0) is 12.3. The van der Waals surface area contributed by atoms with E-state index >= 15 is 0 Å². The summed E-state index contributed by atoms with van der Waals surface area (Å²) in [7, 11) is 1.78. The summed E-state index contributed by atoms with van der Waals surface area (Å²) in [4.78, 5) is 0. The molecule has 0 aliphatic heterocycles. The van der Waals surface area contributed by atoms with Gasteiger partial charge in [0.05, 0.1) is 24.6 Å². The molecule has 1 N–H and O–H groups in total. The predicted octanol–water partition coefficient (Wildman–Crippen LogP) is 1.58. The van der Waals surface area contributed by atoms with Gasteiger partial charge in [-0.3, -0.25) is 4.68 Å². The van der Waals surface area contributed by atoms with E-state index in [2.05, 4.69) is 5.10 Å². The van der Waals surface area contributed by atoms with Crippen molar-refractivity contribution in [3.05, 3.63) is 41.7 Å². The number of aliphatic hydroxyl groups excluding tert-OH is 1. The van der Waals surface area contributed by atoms with Crippen LogP contribution in [0.15, 0.2) is 30.6 Å². The number of aryl methyl sites for hydroxylation is 1. The van der Waals surface area contributed by atoms with Crippen LogP contribution in [0.25, 0.3) is 0 Å². The van der Waals surface area contributed by atoms with Crippen molar-refractivity contribution in [3.63, 3.8) is 0 Å². The molecule has 0 fully saturated rings. The van der Waals surface area contributed by atoms with E-state index in [0.717, 1.165) is 0 Å². The number of aromatic nitrogens is 2. The van der Waals surface area contributed by atoms with Crippen molar-refractivity contribution in [3.8, 4) is 17.6 Å². The Morgan fingerprint density at radius 1 is 1.53 bits per heavy atom. The van der Waals surface area contributed by atoms with Crippen LogP contribution in [0.2, 0.25) is 0 Å². The summed E-state index contributed by atoms with van der Waals surface area (Å²) in [6, 6.07) is 7.02. The highest BCUT2D eigenvalue weighted by atomic mass is 16.5. The van der Waals surface area contributed by atoms with Gasteiger partial charge < -0.3 is 9.84 Å². The van der Waals surface area contributed by atoms with Gasteiger partial charge >= 0.3 is 0 Å². The van der Waals surface area contributed by atoms with Crippen molar-refractivity contribution < 1.29 is 9.84 Å². The highest BCUT2D eigenvalue weighted by Gasteiger charge is 2.06. The second kappa shape index (κ2) is 4.68. The number of nitriles is 1. The highest BCUT2D eigenvalue weighted by molar-refractivity contribution is 5.46.